The Bertz CT molecular complexity index is 800. The molecular formula is C19H20F2N2O3S. The Hall–Kier alpha value is -2.61. The second-order valence-electron chi connectivity index (χ2n) is 5.77. The minimum Gasteiger partial charge on any atom is -0.494 e. The van der Waals surface area contributed by atoms with E-state index in [0.29, 0.717) is 11.3 Å². The van der Waals surface area contributed by atoms with E-state index < -0.39 is 5.82 Å². The van der Waals surface area contributed by atoms with E-state index in [9.17, 15) is 18.4 Å². The second-order valence-corrected chi connectivity index (χ2v) is 6.75. The van der Waals surface area contributed by atoms with Gasteiger partial charge in [0.25, 0.3) is 0 Å². The van der Waals surface area contributed by atoms with Gasteiger partial charge in [-0.2, -0.15) is 0 Å². The lowest BCUT2D eigenvalue weighted by atomic mass is 10.2. The molecule has 2 amide bonds. The molecule has 2 aromatic rings. The predicted molar refractivity (Wildman–Crippen MR) is 102 cm³/mol. The molecule has 0 saturated heterocycles. The summed E-state index contributed by atoms with van der Waals surface area (Å²) in [4.78, 5) is 25.4. The number of nitrogens with zero attached hydrogens (tertiary/aromatic N) is 1. The molecule has 2 rings (SSSR count). The van der Waals surface area contributed by atoms with Crippen LogP contribution in [0.4, 0.5) is 14.5 Å². The van der Waals surface area contributed by atoms with Gasteiger partial charge in [0.1, 0.15) is 5.82 Å². The average Bonchev–Trinajstić information content (AvgIpc) is 2.63. The number of carbonyl (C=O) groups is 2. The molecular weight excluding hydrogens is 374 g/mol. The number of benzene rings is 2. The summed E-state index contributed by atoms with van der Waals surface area (Å²) in [6.07, 6.45) is 0. The molecule has 0 unspecified atom stereocenters. The first-order valence-corrected chi connectivity index (χ1v) is 9.24. The van der Waals surface area contributed by atoms with Crippen molar-refractivity contribution >= 4 is 29.3 Å². The highest BCUT2D eigenvalue weighted by atomic mass is 32.2. The van der Waals surface area contributed by atoms with Crippen molar-refractivity contribution in [2.24, 2.45) is 0 Å². The Morgan fingerprint density at radius 3 is 2.44 bits per heavy atom. The molecule has 8 heteroatoms. The van der Waals surface area contributed by atoms with E-state index in [1.165, 1.54) is 60.2 Å². The molecule has 0 bridgehead atoms. The molecule has 0 heterocycles. The molecule has 144 valence electrons. The van der Waals surface area contributed by atoms with Crippen LogP contribution in [0.5, 0.6) is 5.75 Å². The van der Waals surface area contributed by atoms with Crippen molar-refractivity contribution < 1.29 is 23.1 Å². The normalized spacial score (nSPS) is 10.4. The van der Waals surface area contributed by atoms with Crippen molar-refractivity contribution in [3.63, 3.8) is 0 Å². The number of rotatable bonds is 8. The number of carbonyl (C=O) groups excluding carboxylic acids is 2. The zero-order valence-electron chi connectivity index (χ0n) is 15.0. The molecule has 1 N–H and O–H groups in total. The van der Waals surface area contributed by atoms with Crippen LogP contribution in [0.1, 0.15) is 5.56 Å². The summed E-state index contributed by atoms with van der Waals surface area (Å²) in [5.41, 5.74) is 1.13. The highest BCUT2D eigenvalue weighted by molar-refractivity contribution is 8.00. The molecule has 0 saturated carbocycles. The van der Waals surface area contributed by atoms with Crippen molar-refractivity contribution in [2.45, 2.75) is 6.54 Å². The summed E-state index contributed by atoms with van der Waals surface area (Å²) in [5.74, 6) is -0.962. The third-order valence-corrected chi connectivity index (χ3v) is 4.57. The van der Waals surface area contributed by atoms with Crippen LogP contribution < -0.4 is 10.1 Å². The minimum atomic E-state index is -0.484. The Morgan fingerprint density at radius 2 is 1.81 bits per heavy atom. The number of hydrogen-bond donors (Lipinski definition) is 1. The first-order chi connectivity index (χ1) is 12.9. The Kier molecular flexibility index (Phi) is 7.60. The first-order valence-electron chi connectivity index (χ1n) is 8.08. The monoisotopic (exact) mass is 394 g/mol. The molecule has 0 fully saturated rings. The zero-order chi connectivity index (χ0) is 19.8. The summed E-state index contributed by atoms with van der Waals surface area (Å²) in [6.45, 7) is 0.252. The van der Waals surface area contributed by atoms with Crippen molar-refractivity contribution in [3.8, 4) is 5.75 Å². The molecule has 0 aliphatic carbocycles. The molecule has 0 aromatic heterocycles. The van der Waals surface area contributed by atoms with Gasteiger partial charge >= 0.3 is 0 Å². The molecule has 0 aliphatic rings. The van der Waals surface area contributed by atoms with Crippen molar-refractivity contribution in [1.29, 1.82) is 0 Å². The number of methoxy groups -OCH3 is 1. The summed E-state index contributed by atoms with van der Waals surface area (Å²) < 4.78 is 31.4. The maximum absolute atomic E-state index is 13.7. The van der Waals surface area contributed by atoms with Gasteiger partial charge < -0.3 is 15.0 Å². The lowest BCUT2D eigenvalue weighted by Crippen LogP contribution is -2.28. The van der Waals surface area contributed by atoms with E-state index in [0.717, 1.165) is 0 Å². The quantitative estimate of drug-likeness (QED) is 0.746. The zero-order valence-corrected chi connectivity index (χ0v) is 15.8. The van der Waals surface area contributed by atoms with Gasteiger partial charge in [-0.25, -0.2) is 8.78 Å². The standard InChI is InChI=1S/C19H20F2N2O3S/c1-23(10-13-3-8-17(26-2)16(21)9-13)19(25)12-27-11-18(24)22-15-6-4-14(20)5-7-15/h3-9H,10-12H2,1-2H3,(H,22,24). The van der Waals surface area contributed by atoms with Gasteiger partial charge in [0, 0.05) is 19.3 Å². The lowest BCUT2D eigenvalue weighted by molar-refractivity contribution is -0.127. The third kappa shape index (κ3) is 6.56. The highest BCUT2D eigenvalue weighted by Gasteiger charge is 2.12. The topological polar surface area (TPSA) is 58.6 Å². The number of anilines is 1. The maximum atomic E-state index is 13.7. The number of ether oxygens (including phenoxy) is 1. The average molecular weight is 394 g/mol. The number of amides is 2. The fourth-order valence-electron chi connectivity index (χ4n) is 2.24. The molecule has 0 radical (unpaired) electrons. The van der Waals surface area contributed by atoms with E-state index in [1.807, 2.05) is 0 Å². The summed E-state index contributed by atoms with van der Waals surface area (Å²) in [5, 5.41) is 2.62. The van der Waals surface area contributed by atoms with Crippen LogP contribution in [-0.4, -0.2) is 42.4 Å². The van der Waals surface area contributed by atoms with E-state index in [4.69, 9.17) is 4.74 Å². The third-order valence-electron chi connectivity index (χ3n) is 3.65. The molecule has 0 atom stereocenters. The van der Waals surface area contributed by atoms with Crippen LogP contribution in [0.2, 0.25) is 0 Å². The van der Waals surface area contributed by atoms with E-state index in [-0.39, 0.29) is 41.4 Å². The molecule has 0 aliphatic heterocycles. The number of thioether (sulfide) groups is 1. The van der Waals surface area contributed by atoms with Gasteiger partial charge in [-0.15, -0.1) is 11.8 Å². The van der Waals surface area contributed by atoms with Gasteiger partial charge in [-0.3, -0.25) is 9.59 Å². The van der Waals surface area contributed by atoms with Crippen molar-refractivity contribution in [3.05, 3.63) is 59.7 Å². The number of nitrogens with one attached hydrogen (secondary N) is 1. The molecule has 2 aromatic carbocycles. The Balaban J connectivity index is 1.75. The number of halogens is 2. The van der Waals surface area contributed by atoms with Gasteiger partial charge in [0.2, 0.25) is 11.8 Å². The van der Waals surface area contributed by atoms with Crippen LogP contribution in [0, 0.1) is 11.6 Å². The first kappa shape index (κ1) is 20.7. The molecule has 0 spiro atoms. The largest absolute Gasteiger partial charge is 0.494 e. The van der Waals surface area contributed by atoms with Gasteiger partial charge in [-0.1, -0.05) is 6.07 Å². The lowest BCUT2D eigenvalue weighted by Gasteiger charge is -2.17. The maximum Gasteiger partial charge on any atom is 0.234 e. The number of hydrogen-bond acceptors (Lipinski definition) is 4. The van der Waals surface area contributed by atoms with Crippen molar-refractivity contribution in [2.75, 3.05) is 31.0 Å². The van der Waals surface area contributed by atoms with E-state index >= 15 is 0 Å². The summed E-state index contributed by atoms with van der Waals surface area (Å²) >= 11 is 1.17. The minimum absolute atomic E-state index is 0.0914. The predicted octanol–water partition coefficient (Wildman–Crippen LogP) is 3.30. The van der Waals surface area contributed by atoms with Gasteiger partial charge in [-0.05, 0) is 42.0 Å². The highest BCUT2D eigenvalue weighted by Crippen LogP contribution is 2.18. The Labute approximate surface area is 160 Å². The van der Waals surface area contributed by atoms with E-state index in [1.54, 1.807) is 13.1 Å². The summed E-state index contributed by atoms with van der Waals surface area (Å²) in [6, 6.07) is 9.96. The van der Waals surface area contributed by atoms with Gasteiger partial charge in [0.05, 0.1) is 18.6 Å². The fourth-order valence-corrected chi connectivity index (χ4v) is 3.00. The van der Waals surface area contributed by atoms with Gasteiger partial charge in [0.15, 0.2) is 11.6 Å². The van der Waals surface area contributed by atoms with Crippen molar-refractivity contribution in [1.82, 2.24) is 4.90 Å². The fraction of sp³-hybridized carbons (Fsp3) is 0.263. The van der Waals surface area contributed by atoms with E-state index in [2.05, 4.69) is 5.32 Å². The molecule has 5 nitrogen and oxygen atoms in total. The van der Waals surface area contributed by atoms with Crippen LogP contribution in [0.15, 0.2) is 42.5 Å². The SMILES string of the molecule is COc1ccc(CN(C)C(=O)CSCC(=O)Nc2ccc(F)cc2)cc1F. The van der Waals surface area contributed by atoms with Crippen LogP contribution >= 0.6 is 11.8 Å². The second kappa shape index (κ2) is 9.91. The van der Waals surface area contributed by atoms with Crippen LogP contribution in [0.25, 0.3) is 0 Å². The van der Waals surface area contributed by atoms with Crippen LogP contribution in [0.3, 0.4) is 0 Å². The van der Waals surface area contributed by atoms with Crippen LogP contribution in [-0.2, 0) is 16.1 Å². The summed E-state index contributed by atoms with van der Waals surface area (Å²) in [7, 11) is 3.00. The smallest absolute Gasteiger partial charge is 0.234 e. The Morgan fingerprint density at radius 1 is 1.11 bits per heavy atom. The molecule has 27 heavy (non-hydrogen) atoms.